The highest BCUT2D eigenvalue weighted by Gasteiger charge is 2.16. The van der Waals surface area contributed by atoms with Gasteiger partial charge in [0.15, 0.2) is 0 Å². The lowest BCUT2D eigenvalue weighted by Gasteiger charge is -2.06. The van der Waals surface area contributed by atoms with Crippen molar-refractivity contribution in [2.45, 2.75) is 25.9 Å². The highest BCUT2D eigenvalue weighted by molar-refractivity contribution is 5.89. The van der Waals surface area contributed by atoms with E-state index in [4.69, 9.17) is 4.74 Å². The minimum absolute atomic E-state index is 0.0977. The summed E-state index contributed by atoms with van der Waals surface area (Å²) in [6, 6.07) is 13.7. The maximum absolute atomic E-state index is 12.3. The second kappa shape index (κ2) is 5.86. The number of esters is 1. The monoisotopic (exact) mass is 316 g/mol. The first kappa shape index (κ1) is 14.5. The molecule has 2 aromatic heterocycles. The summed E-state index contributed by atoms with van der Waals surface area (Å²) in [4.78, 5) is 12.3. The van der Waals surface area contributed by atoms with Crippen molar-refractivity contribution >= 4 is 11.5 Å². The molecule has 0 N–H and O–H groups in total. The second-order valence-electron chi connectivity index (χ2n) is 6.05. The molecule has 118 valence electrons. The minimum Gasteiger partial charge on any atom is -0.457 e. The normalized spacial score (nSPS) is 12.8. The van der Waals surface area contributed by atoms with Gasteiger partial charge in [-0.25, -0.2) is 4.79 Å². The fraction of sp³-hybridized carbons (Fsp3) is 0.200. The zero-order valence-electron chi connectivity index (χ0n) is 13.2. The van der Waals surface area contributed by atoms with Crippen LogP contribution in [0.25, 0.3) is 5.52 Å². The van der Waals surface area contributed by atoms with E-state index < -0.39 is 0 Å². The van der Waals surface area contributed by atoms with E-state index in [-0.39, 0.29) is 12.6 Å². The average molecular weight is 316 g/mol. The number of pyridine rings is 1. The number of carbonyl (C=O) groups is 1. The Kier molecular flexibility index (Phi) is 3.55. The number of rotatable bonds is 3. The molecule has 0 radical (unpaired) electrons. The van der Waals surface area contributed by atoms with E-state index >= 15 is 0 Å². The van der Waals surface area contributed by atoms with Crippen LogP contribution in [0.3, 0.4) is 0 Å². The number of ether oxygens (including phenoxy) is 1. The first-order valence-corrected chi connectivity index (χ1v) is 8.04. The van der Waals surface area contributed by atoms with Gasteiger partial charge in [-0.3, -0.25) is 0 Å². The molecule has 24 heavy (non-hydrogen) atoms. The zero-order chi connectivity index (χ0) is 16.5. The van der Waals surface area contributed by atoms with Crippen LogP contribution in [-0.4, -0.2) is 10.4 Å². The number of nitriles is 1. The van der Waals surface area contributed by atoms with Crippen molar-refractivity contribution in [1.29, 1.82) is 5.26 Å². The Morgan fingerprint density at radius 3 is 2.96 bits per heavy atom. The molecule has 0 bridgehead atoms. The number of hydrogen-bond donors (Lipinski definition) is 0. The van der Waals surface area contributed by atoms with Crippen molar-refractivity contribution in [3.63, 3.8) is 0 Å². The molecule has 0 atom stereocenters. The van der Waals surface area contributed by atoms with Gasteiger partial charge < -0.3 is 9.14 Å². The molecule has 0 saturated carbocycles. The van der Waals surface area contributed by atoms with E-state index in [9.17, 15) is 10.1 Å². The molecule has 4 heteroatoms. The Balaban J connectivity index is 1.55. The number of carbonyl (C=O) groups excluding carboxylic acids is 1. The molecule has 0 fully saturated rings. The van der Waals surface area contributed by atoms with Crippen LogP contribution >= 0.6 is 0 Å². The lowest BCUT2D eigenvalue weighted by atomic mass is 10.1. The number of benzene rings is 1. The standard InChI is InChI=1S/C20H16N2O2/c21-11-18-17(12-22-9-2-1-6-19(18)22)13-24-20(23)16-8-7-14-4-3-5-15(14)10-16/h1-2,6-10,12H,3-5,13H2. The number of fused-ring (bicyclic) bond motifs is 2. The molecule has 0 amide bonds. The van der Waals surface area contributed by atoms with Crippen LogP contribution in [0.1, 0.15) is 39.0 Å². The molecule has 0 spiro atoms. The van der Waals surface area contributed by atoms with E-state index in [0.29, 0.717) is 11.1 Å². The Morgan fingerprint density at radius 1 is 1.21 bits per heavy atom. The van der Waals surface area contributed by atoms with Gasteiger partial charge in [0.1, 0.15) is 12.7 Å². The van der Waals surface area contributed by atoms with Gasteiger partial charge >= 0.3 is 5.97 Å². The van der Waals surface area contributed by atoms with E-state index in [1.165, 1.54) is 11.1 Å². The summed E-state index contributed by atoms with van der Waals surface area (Å²) >= 11 is 0. The van der Waals surface area contributed by atoms with Gasteiger partial charge in [0, 0.05) is 18.0 Å². The van der Waals surface area contributed by atoms with Crippen LogP contribution in [0.5, 0.6) is 0 Å². The van der Waals surface area contributed by atoms with E-state index in [2.05, 4.69) is 6.07 Å². The Bertz CT molecular complexity index is 979. The van der Waals surface area contributed by atoms with Crippen LogP contribution in [0.2, 0.25) is 0 Å². The Morgan fingerprint density at radius 2 is 2.08 bits per heavy atom. The number of hydrogen-bond acceptors (Lipinski definition) is 3. The average Bonchev–Trinajstić information content (AvgIpc) is 3.22. The van der Waals surface area contributed by atoms with Crippen LogP contribution in [0, 0.1) is 11.3 Å². The van der Waals surface area contributed by atoms with Crippen molar-refractivity contribution in [2.24, 2.45) is 0 Å². The molecule has 0 unspecified atom stereocenters. The molecule has 2 heterocycles. The van der Waals surface area contributed by atoms with Gasteiger partial charge in [0.25, 0.3) is 0 Å². The first-order valence-electron chi connectivity index (χ1n) is 8.04. The zero-order valence-corrected chi connectivity index (χ0v) is 13.2. The lowest BCUT2D eigenvalue weighted by Crippen LogP contribution is -2.06. The van der Waals surface area contributed by atoms with Gasteiger partial charge in [-0.15, -0.1) is 0 Å². The van der Waals surface area contributed by atoms with Crippen LogP contribution < -0.4 is 0 Å². The van der Waals surface area contributed by atoms with Crippen LogP contribution in [0.4, 0.5) is 0 Å². The summed E-state index contributed by atoms with van der Waals surface area (Å²) in [7, 11) is 0. The summed E-state index contributed by atoms with van der Waals surface area (Å²) < 4.78 is 7.31. The second-order valence-corrected chi connectivity index (χ2v) is 6.05. The van der Waals surface area contributed by atoms with E-state index in [1.807, 2.05) is 53.2 Å². The maximum Gasteiger partial charge on any atom is 0.338 e. The predicted octanol–water partition coefficient (Wildman–Crippen LogP) is 3.66. The van der Waals surface area contributed by atoms with E-state index in [1.54, 1.807) is 0 Å². The molecule has 1 aliphatic rings. The van der Waals surface area contributed by atoms with Crippen molar-refractivity contribution < 1.29 is 9.53 Å². The number of nitrogens with zero attached hydrogens (tertiary/aromatic N) is 2. The molecular weight excluding hydrogens is 300 g/mol. The summed E-state index contributed by atoms with van der Waals surface area (Å²) in [5.74, 6) is -0.344. The van der Waals surface area contributed by atoms with Crippen molar-refractivity contribution in [3.05, 3.63) is 76.6 Å². The molecule has 0 aliphatic heterocycles. The Hall–Kier alpha value is -3.06. The fourth-order valence-electron chi connectivity index (χ4n) is 3.34. The quantitative estimate of drug-likeness (QED) is 0.693. The van der Waals surface area contributed by atoms with Gasteiger partial charge in [-0.05, 0) is 54.7 Å². The first-order chi connectivity index (χ1) is 11.8. The van der Waals surface area contributed by atoms with Gasteiger partial charge in [-0.2, -0.15) is 5.26 Å². The molecule has 4 rings (SSSR count). The molecule has 3 aromatic rings. The van der Waals surface area contributed by atoms with Gasteiger partial charge in [0.05, 0.1) is 16.6 Å². The Labute approximate surface area is 139 Å². The molecule has 1 aromatic carbocycles. The predicted molar refractivity (Wildman–Crippen MR) is 89.7 cm³/mol. The topological polar surface area (TPSA) is 54.5 Å². The highest BCUT2D eigenvalue weighted by atomic mass is 16.5. The number of aromatic nitrogens is 1. The third-order valence-electron chi connectivity index (χ3n) is 4.57. The smallest absolute Gasteiger partial charge is 0.338 e. The van der Waals surface area contributed by atoms with Crippen molar-refractivity contribution in [3.8, 4) is 6.07 Å². The van der Waals surface area contributed by atoms with Crippen molar-refractivity contribution in [1.82, 2.24) is 4.40 Å². The molecular formula is C20H16N2O2. The van der Waals surface area contributed by atoms with Crippen LogP contribution in [-0.2, 0) is 24.2 Å². The summed E-state index contributed by atoms with van der Waals surface area (Å²) in [5, 5.41) is 9.39. The van der Waals surface area contributed by atoms with Gasteiger partial charge in [0.2, 0.25) is 0 Å². The van der Waals surface area contributed by atoms with Gasteiger partial charge in [-0.1, -0.05) is 12.1 Å². The largest absolute Gasteiger partial charge is 0.457 e. The summed E-state index contributed by atoms with van der Waals surface area (Å²) in [6.07, 6.45) is 6.98. The minimum atomic E-state index is -0.344. The SMILES string of the molecule is N#Cc1c(COC(=O)c2ccc3c(c2)CCC3)cn2ccccc12. The summed E-state index contributed by atoms with van der Waals surface area (Å²) in [5.41, 5.74) is 5.26. The lowest BCUT2D eigenvalue weighted by molar-refractivity contribution is 0.0472. The highest BCUT2D eigenvalue weighted by Crippen LogP contribution is 2.24. The molecule has 4 nitrogen and oxygen atoms in total. The van der Waals surface area contributed by atoms with Crippen LogP contribution in [0.15, 0.2) is 48.8 Å². The van der Waals surface area contributed by atoms with Crippen molar-refractivity contribution in [2.75, 3.05) is 0 Å². The third-order valence-corrected chi connectivity index (χ3v) is 4.57. The molecule has 1 aliphatic carbocycles. The summed E-state index contributed by atoms with van der Waals surface area (Å²) in [6.45, 7) is 0.0977. The van der Waals surface area contributed by atoms with E-state index in [0.717, 1.165) is 30.3 Å². The third kappa shape index (κ3) is 2.44. The fourth-order valence-corrected chi connectivity index (χ4v) is 3.34. The molecule has 0 saturated heterocycles. The number of aryl methyl sites for hydroxylation is 2. The maximum atomic E-state index is 12.3.